The number of hydrogen-bond donors (Lipinski definition) is 1. The molecular formula is C16H18ClNO. The van der Waals surface area contributed by atoms with Crippen molar-refractivity contribution in [1.29, 1.82) is 0 Å². The molecule has 0 radical (unpaired) electrons. The standard InChI is InChI=1S/C16H17NO.ClH/c17-16-10-15(16)13-7-4-8-14(9-13)18-11-12-5-2-1-3-6-12;/h1-9,15-16H,10-11,17H2;1H. The molecule has 19 heavy (non-hydrogen) atoms. The van der Waals surface area contributed by atoms with Crippen molar-refractivity contribution < 1.29 is 4.74 Å². The van der Waals surface area contributed by atoms with Gasteiger partial charge in [0.25, 0.3) is 0 Å². The van der Waals surface area contributed by atoms with E-state index in [4.69, 9.17) is 10.5 Å². The first-order chi connectivity index (χ1) is 8.83. The minimum absolute atomic E-state index is 0. The number of halogens is 1. The Morgan fingerprint density at radius 1 is 1.05 bits per heavy atom. The molecule has 0 amide bonds. The Bertz CT molecular complexity index is 529. The third-order valence-electron chi connectivity index (χ3n) is 3.37. The molecular weight excluding hydrogens is 258 g/mol. The largest absolute Gasteiger partial charge is 0.489 e. The van der Waals surface area contributed by atoms with E-state index in [0.717, 1.165) is 12.2 Å². The van der Waals surface area contributed by atoms with Gasteiger partial charge in [0, 0.05) is 12.0 Å². The van der Waals surface area contributed by atoms with E-state index in [1.807, 2.05) is 30.3 Å². The lowest BCUT2D eigenvalue weighted by atomic mass is 10.1. The summed E-state index contributed by atoms with van der Waals surface area (Å²) in [5.74, 6) is 1.46. The Labute approximate surface area is 120 Å². The molecule has 1 fully saturated rings. The fourth-order valence-electron chi connectivity index (χ4n) is 2.17. The van der Waals surface area contributed by atoms with Gasteiger partial charge in [-0.25, -0.2) is 0 Å². The highest BCUT2D eigenvalue weighted by Crippen LogP contribution is 2.39. The van der Waals surface area contributed by atoms with E-state index in [1.165, 1.54) is 11.1 Å². The van der Waals surface area contributed by atoms with Crippen LogP contribution in [0.2, 0.25) is 0 Å². The van der Waals surface area contributed by atoms with Crippen LogP contribution in [-0.2, 0) is 6.61 Å². The van der Waals surface area contributed by atoms with Crippen molar-refractivity contribution in [3.05, 3.63) is 65.7 Å². The molecule has 1 aliphatic carbocycles. The average Bonchev–Trinajstić information content (AvgIpc) is 3.15. The molecule has 0 aromatic heterocycles. The molecule has 0 saturated heterocycles. The first-order valence-electron chi connectivity index (χ1n) is 6.35. The summed E-state index contributed by atoms with van der Waals surface area (Å²) < 4.78 is 5.81. The molecule has 100 valence electrons. The molecule has 0 heterocycles. The summed E-state index contributed by atoms with van der Waals surface area (Å²) in [5.41, 5.74) is 8.36. The van der Waals surface area contributed by atoms with Crippen LogP contribution in [0.5, 0.6) is 5.75 Å². The molecule has 3 heteroatoms. The second-order valence-electron chi connectivity index (χ2n) is 4.85. The molecule has 2 aromatic carbocycles. The topological polar surface area (TPSA) is 35.2 Å². The molecule has 2 unspecified atom stereocenters. The van der Waals surface area contributed by atoms with Gasteiger partial charge in [0.2, 0.25) is 0 Å². The van der Waals surface area contributed by atoms with Crippen LogP contribution in [0.1, 0.15) is 23.5 Å². The Morgan fingerprint density at radius 3 is 2.47 bits per heavy atom. The maximum absolute atomic E-state index is 5.87. The monoisotopic (exact) mass is 275 g/mol. The lowest BCUT2D eigenvalue weighted by molar-refractivity contribution is 0.306. The molecule has 1 saturated carbocycles. The van der Waals surface area contributed by atoms with Crippen LogP contribution in [0.3, 0.4) is 0 Å². The van der Waals surface area contributed by atoms with Crippen LogP contribution in [0.15, 0.2) is 54.6 Å². The van der Waals surface area contributed by atoms with Gasteiger partial charge in [-0.15, -0.1) is 12.4 Å². The summed E-state index contributed by atoms with van der Waals surface area (Å²) in [7, 11) is 0. The number of rotatable bonds is 4. The molecule has 2 aromatic rings. The van der Waals surface area contributed by atoms with Gasteiger partial charge in [0.1, 0.15) is 12.4 Å². The van der Waals surface area contributed by atoms with Crippen molar-refractivity contribution in [1.82, 2.24) is 0 Å². The summed E-state index contributed by atoms with van der Waals surface area (Å²) in [4.78, 5) is 0. The molecule has 2 atom stereocenters. The fourth-order valence-corrected chi connectivity index (χ4v) is 2.17. The molecule has 0 bridgehead atoms. The smallest absolute Gasteiger partial charge is 0.120 e. The Kier molecular flexibility index (Phi) is 4.46. The number of ether oxygens (including phenoxy) is 1. The summed E-state index contributed by atoms with van der Waals surface area (Å²) in [6, 6.07) is 18.8. The lowest BCUT2D eigenvalue weighted by Crippen LogP contribution is -2.01. The third kappa shape index (κ3) is 3.49. The first kappa shape index (κ1) is 13.9. The van der Waals surface area contributed by atoms with Gasteiger partial charge < -0.3 is 10.5 Å². The van der Waals surface area contributed by atoms with Crippen LogP contribution in [0.4, 0.5) is 0 Å². The number of nitrogens with two attached hydrogens (primary N) is 1. The summed E-state index contributed by atoms with van der Waals surface area (Å²) >= 11 is 0. The zero-order chi connectivity index (χ0) is 12.4. The average molecular weight is 276 g/mol. The van der Waals surface area contributed by atoms with Crippen molar-refractivity contribution in [3.63, 3.8) is 0 Å². The van der Waals surface area contributed by atoms with Gasteiger partial charge in [-0.1, -0.05) is 42.5 Å². The molecule has 0 spiro atoms. The maximum Gasteiger partial charge on any atom is 0.120 e. The van der Waals surface area contributed by atoms with Crippen molar-refractivity contribution >= 4 is 12.4 Å². The van der Waals surface area contributed by atoms with Crippen LogP contribution >= 0.6 is 12.4 Å². The normalized spacial score (nSPS) is 20.5. The van der Waals surface area contributed by atoms with E-state index in [9.17, 15) is 0 Å². The minimum Gasteiger partial charge on any atom is -0.489 e. The van der Waals surface area contributed by atoms with Crippen molar-refractivity contribution in [2.45, 2.75) is 25.0 Å². The summed E-state index contributed by atoms with van der Waals surface area (Å²) in [6.07, 6.45) is 1.10. The predicted octanol–water partition coefficient (Wildman–Crippen LogP) is 3.50. The second kappa shape index (κ2) is 6.09. The molecule has 1 aliphatic rings. The number of hydrogen-bond acceptors (Lipinski definition) is 2. The highest BCUT2D eigenvalue weighted by atomic mass is 35.5. The first-order valence-corrected chi connectivity index (χ1v) is 6.35. The van der Waals surface area contributed by atoms with Crippen molar-refractivity contribution in [3.8, 4) is 5.75 Å². The predicted molar refractivity (Wildman–Crippen MR) is 79.8 cm³/mol. The van der Waals surface area contributed by atoms with Crippen LogP contribution in [-0.4, -0.2) is 6.04 Å². The minimum atomic E-state index is 0. The zero-order valence-corrected chi connectivity index (χ0v) is 11.5. The molecule has 2 nitrogen and oxygen atoms in total. The lowest BCUT2D eigenvalue weighted by Gasteiger charge is -2.08. The van der Waals surface area contributed by atoms with E-state index in [1.54, 1.807) is 0 Å². The van der Waals surface area contributed by atoms with E-state index in [0.29, 0.717) is 18.6 Å². The Morgan fingerprint density at radius 2 is 1.79 bits per heavy atom. The van der Waals surface area contributed by atoms with E-state index in [-0.39, 0.29) is 12.4 Å². The van der Waals surface area contributed by atoms with Crippen LogP contribution < -0.4 is 10.5 Å². The number of benzene rings is 2. The van der Waals surface area contributed by atoms with Crippen LogP contribution in [0, 0.1) is 0 Å². The molecule has 2 N–H and O–H groups in total. The summed E-state index contributed by atoms with van der Waals surface area (Å²) in [6.45, 7) is 0.612. The summed E-state index contributed by atoms with van der Waals surface area (Å²) in [5, 5.41) is 0. The SMILES string of the molecule is Cl.NC1CC1c1cccc(OCc2ccccc2)c1. The van der Waals surface area contributed by atoms with Crippen molar-refractivity contribution in [2.75, 3.05) is 0 Å². The quantitative estimate of drug-likeness (QED) is 0.927. The second-order valence-corrected chi connectivity index (χ2v) is 4.85. The maximum atomic E-state index is 5.87. The van der Waals surface area contributed by atoms with Crippen LogP contribution in [0.25, 0.3) is 0 Å². The Balaban J connectivity index is 0.00000133. The highest BCUT2D eigenvalue weighted by molar-refractivity contribution is 5.85. The van der Waals surface area contributed by atoms with Gasteiger partial charge in [-0.2, -0.15) is 0 Å². The zero-order valence-electron chi connectivity index (χ0n) is 10.7. The third-order valence-corrected chi connectivity index (χ3v) is 3.37. The van der Waals surface area contributed by atoms with Gasteiger partial charge in [0.05, 0.1) is 0 Å². The van der Waals surface area contributed by atoms with Crippen molar-refractivity contribution in [2.24, 2.45) is 5.73 Å². The van der Waals surface area contributed by atoms with E-state index < -0.39 is 0 Å². The molecule has 0 aliphatic heterocycles. The van der Waals surface area contributed by atoms with Gasteiger partial charge in [-0.05, 0) is 29.7 Å². The molecule has 3 rings (SSSR count). The Hall–Kier alpha value is -1.51. The van der Waals surface area contributed by atoms with E-state index >= 15 is 0 Å². The van der Waals surface area contributed by atoms with E-state index in [2.05, 4.69) is 24.3 Å². The van der Waals surface area contributed by atoms with Gasteiger partial charge in [-0.3, -0.25) is 0 Å². The van der Waals surface area contributed by atoms with Gasteiger partial charge >= 0.3 is 0 Å². The highest BCUT2D eigenvalue weighted by Gasteiger charge is 2.34. The van der Waals surface area contributed by atoms with Gasteiger partial charge in [0.15, 0.2) is 0 Å². The fraction of sp³-hybridized carbons (Fsp3) is 0.250.